The highest BCUT2D eigenvalue weighted by Gasteiger charge is 2.16. The summed E-state index contributed by atoms with van der Waals surface area (Å²) in [6, 6.07) is 5.62. The molecule has 1 aromatic carbocycles. The van der Waals surface area contributed by atoms with Crippen LogP contribution in [0.25, 0.3) is 0 Å². The quantitative estimate of drug-likeness (QED) is 0.725. The minimum Gasteiger partial charge on any atom is -0.478 e. The maximum Gasteiger partial charge on any atom is 0.337 e. The van der Waals surface area contributed by atoms with Gasteiger partial charge in [-0.25, -0.2) is 4.79 Å². The number of nitrogens with one attached hydrogen (secondary N) is 1. The monoisotopic (exact) mass is 268 g/mol. The third-order valence-electron chi connectivity index (χ3n) is 2.39. The van der Waals surface area contributed by atoms with Gasteiger partial charge in [-0.15, -0.1) is 0 Å². The molecule has 0 bridgehead atoms. The van der Waals surface area contributed by atoms with Crippen LogP contribution >= 0.6 is 11.8 Å². The first-order chi connectivity index (χ1) is 8.56. The minimum absolute atomic E-state index is 0.0583. The van der Waals surface area contributed by atoms with Crippen LogP contribution in [-0.2, 0) is 4.79 Å². The van der Waals surface area contributed by atoms with E-state index in [0.717, 1.165) is 5.75 Å². The zero-order valence-corrected chi connectivity index (χ0v) is 10.9. The summed E-state index contributed by atoms with van der Waals surface area (Å²) in [7, 11) is 0. The molecule has 98 valence electrons. The van der Waals surface area contributed by atoms with Crippen molar-refractivity contribution in [3.05, 3.63) is 29.8 Å². The highest BCUT2D eigenvalue weighted by Crippen LogP contribution is 2.15. The van der Waals surface area contributed by atoms with E-state index in [9.17, 15) is 9.59 Å². The van der Waals surface area contributed by atoms with Crippen LogP contribution < -0.4 is 11.1 Å². The number of nitrogens with two attached hydrogens (primary N) is 1. The summed E-state index contributed by atoms with van der Waals surface area (Å²) < 4.78 is 0. The Hall–Kier alpha value is -1.53. The molecule has 0 saturated heterocycles. The molecule has 0 aliphatic heterocycles. The van der Waals surface area contributed by atoms with Crippen molar-refractivity contribution >= 4 is 29.3 Å². The number of rotatable bonds is 6. The van der Waals surface area contributed by atoms with Gasteiger partial charge in [0.2, 0.25) is 5.91 Å². The molecule has 1 rings (SSSR count). The molecule has 0 aromatic heterocycles. The normalized spacial score (nSPS) is 11.9. The van der Waals surface area contributed by atoms with Gasteiger partial charge < -0.3 is 16.2 Å². The molecule has 0 unspecified atom stereocenters. The number of benzene rings is 1. The summed E-state index contributed by atoms with van der Waals surface area (Å²) >= 11 is 1.61. The summed E-state index contributed by atoms with van der Waals surface area (Å²) in [5.74, 6) is -0.656. The summed E-state index contributed by atoms with van der Waals surface area (Å²) in [6.07, 6.45) is 2.49. The van der Waals surface area contributed by atoms with Crippen LogP contribution in [0, 0.1) is 0 Å². The second-order valence-electron chi connectivity index (χ2n) is 3.73. The first-order valence-corrected chi connectivity index (χ1v) is 6.83. The van der Waals surface area contributed by atoms with E-state index >= 15 is 0 Å². The molecule has 0 radical (unpaired) electrons. The Balaban J connectivity index is 2.72. The molecule has 0 heterocycles. The molecule has 0 aliphatic rings. The number of carbonyl (C=O) groups excluding carboxylic acids is 1. The Kier molecular flexibility index (Phi) is 5.67. The third-order valence-corrected chi connectivity index (χ3v) is 3.03. The molecule has 5 nitrogen and oxygen atoms in total. The largest absolute Gasteiger partial charge is 0.478 e. The van der Waals surface area contributed by atoms with Gasteiger partial charge in [0, 0.05) is 0 Å². The molecule has 0 aliphatic carbocycles. The zero-order valence-electron chi connectivity index (χ0n) is 10.1. The number of aromatic carboxylic acids is 1. The van der Waals surface area contributed by atoms with Gasteiger partial charge in [-0.1, -0.05) is 12.1 Å². The number of anilines is 1. The van der Waals surface area contributed by atoms with Crippen molar-refractivity contribution in [3.8, 4) is 0 Å². The molecule has 6 heteroatoms. The standard InChI is InChI=1S/C12H16N2O3S/c1-18-7-6-9(13)11(15)14-10-5-3-2-4-8(10)12(16)17/h2-5,9H,6-7,13H2,1H3,(H,14,15)(H,16,17)/t9-/m0/s1. The predicted octanol–water partition coefficient (Wildman–Crippen LogP) is 1.40. The molecule has 0 saturated carbocycles. The van der Waals surface area contributed by atoms with Gasteiger partial charge in [0.15, 0.2) is 0 Å². The topological polar surface area (TPSA) is 92.4 Å². The number of hydrogen-bond acceptors (Lipinski definition) is 4. The van der Waals surface area contributed by atoms with Gasteiger partial charge in [-0.3, -0.25) is 4.79 Å². The Morgan fingerprint density at radius 1 is 1.44 bits per heavy atom. The summed E-state index contributed by atoms with van der Waals surface area (Å²) in [5, 5.41) is 11.5. The number of amides is 1. The lowest BCUT2D eigenvalue weighted by atomic mass is 10.1. The van der Waals surface area contributed by atoms with E-state index in [1.807, 2.05) is 6.26 Å². The fraction of sp³-hybridized carbons (Fsp3) is 0.333. The zero-order chi connectivity index (χ0) is 13.5. The van der Waals surface area contributed by atoms with E-state index in [0.29, 0.717) is 6.42 Å². The van der Waals surface area contributed by atoms with E-state index in [1.54, 1.807) is 30.0 Å². The van der Waals surface area contributed by atoms with Crippen LogP contribution in [0.4, 0.5) is 5.69 Å². The van der Waals surface area contributed by atoms with Gasteiger partial charge in [0.1, 0.15) is 0 Å². The molecular weight excluding hydrogens is 252 g/mol. The lowest BCUT2D eigenvalue weighted by Gasteiger charge is -2.13. The third kappa shape index (κ3) is 4.05. The van der Waals surface area contributed by atoms with E-state index in [1.165, 1.54) is 6.07 Å². The highest BCUT2D eigenvalue weighted by molar-refractivity contribution is 7.98. The molecule has 0 fully saturated rings. The van der Waals surface area contributed by atoms with Crippen molar-refractivity contribution in [2.45, 2.75) is 12.5 Å². The smallest absolute Gasteiger partial charge is 0.337 e. The van der Waals surface area contributed by atoms with Crippen LogP contribution in [0.1, 0.15) is 16.8 Å². The number of para-hydroxylation sites is 1. The van der Waals surface area contributed by atoms with E-state index in [2.05, 4.69) is 5.32 Å². The first kappa shape index (κ1) is 14.5. The first-order valence-electron chi connectivity index (χ1n) is 5.44. The summed E-state index contributed by atoms with van der Waals surface area (Å²) in [5.41, 5.74) is 6.04. The van der Waals surface area contributed by atoms with Crippen LogP contribution in [0.5, 0.6) is 0 Å². The maximum absolute atomic E-state index is 11.8. The van der Waals surface area contributed by atoms with Crippen molar-refractivity contribution < 1.29 is 14.7 Å². The van der Waals surface area contributed by atoms with E-state index < -0.39 is 12.0 Å². The second kappa shape index (κ2) is 7.03. The van der Waals surface area contributed by atoms with Gasteiger partial charge in [0.05, 0.1) is 17.3 Å². The maximum atomic E-state index is 11.8. The Morgan fingerprint density at radius 2 is 2.11 bits per heavy atom. The number of hydrogen-bond donors (Lipinski definition) is 3. The lowest BCUT2D eigenvalue weighted by Crippen LogP contribution is -2.36. The van der Waals surface area contributed by atoms with Crippen molar-refractivity contribution in [1.29, 1.82) is 0 Å². The van der Waals surface area contributed by atoms with Gasteiger partial charge in [0.25, 0.3) is 0 Å². The molecule has 1 amide bonds. The molecule has 1 atom stereocenters. The van der Waals surface area contributed by atoms with Crippen LogP contribution in [0.2, 0.25) is 0 Å². The van der Waals surface area contributed by atoms with Crippen molar-refractivity contribution in [2.24, 2.45) is 5.73 Å². The minimum atomic E-state index is -1.08. The number of carboxylic acids is 1. The van der Waals surface area contributed by atoms with E-state index in [4.69, 9.17) is 10.8 Å². The molecule has 0 spiro atoms. The van der Waals surface area contributed by atoms with Gasteiger partial charge >= 0.3 is 5.97 Å². The molecule has 18 heavy (non-hydrogen) atoms. The van der Waals surface area contributed by atoms with Gasteiger partial charge in [-0.05, 0) is 30.6 Å². The Morgan fingerprint density at radius 3 is 2.72 bits per heavy atom. The molecular formula is C12H16N2O3S. The molecule has 4 N–H and O–H groups in total. The molecule has 1 aromatic rings. The fourth-order valence-corrected chi connectivity index (χ4v) is 1.87. The SMILES string of the molecule is CSCC[C@H](N)C(=O)Nc1ccccc1C(=O)O. The summed E-state index contributed by atoms with van der Waals surface area (Å²) in [6.45, 7) is 0. The van der Waals surface area contributed by atoms with Crippen molar-refractivity contribution in [1.82, 2.24) is 0 Å². The average molecular weight is 268 g/mol. The predicted molar refractivity (Wildman–Crippen MR) is 73.0 cm³/mol. The number of carbonyl (C=O) groups is 2. The van der Waals surface area contributed by atoms with Crippen LogP contribution in [0.3, 0.4) is 0 Å². The van der Waals surface area contributed by atoms with Crippen LogP contribution in [-0.4, -0.2) is 35.0 Å². The Bertz CT molecular complexity index is 437. The lowest BCUT2D eigenvalue weighted by molar-refractivity contribution is -0.117. The highest BCUT2D eigenvalue weighted by atomic mass is 32.2. The van der Waals surface area contributed by atoms with Gasteiger partial charge in [-0.2, -0.15) is 11.8 Å². The van der Waals surface area contributed by atoms with Crippen molar-refractivity contribution in [3.63, 3.8) is 0 Å². The van der Waals surface area contributed by atoms with Crippen molar-refractivity contribution in [2.75, 3.05) is 17.3 Å². The fourth-order valence-electron chi connectivity index (χ4n) is 1.38. The number of thioether (sulfide) groups is 1. The summed E-state index contributed by atoms with van der Waals surface area (Å²) in [4.78, 5) is 22.7. The van der Waals surface area contributed by atoms with E-state index in [-0.39, 0.29) is 17.2 Å². The Labute approximate surface area is 110 Å². The number of carboxylic acid groups (broad SMARTS) is 1. The average Bonchev–Trinajstić information content (AvgIpc) is 2.36. The van der Waals surface area contributed by atoms with Crippen LogP contribution in [0.15, 0.2) is 24.3 Å². The second-order valence-corrected chi connectivity index (χ2v) is 4.71.